The standard InChI is InChI=1S/C24H27F3N4O6S2/c1-11-10-36-29-18(11)22(24(35)2-4-38-5-3-24)39-23-21(34)19(20(33)16(9-32)37-23)31-8-15(28-30-31)12-6-13(25)17(27)14(26)7-12/h6-8,10,16,19-23,32-35H,2-5,9H2,1H3/t16-,19+,20+,21-,22?,23+/m1/s1. The Hall–Kier alpha value is -2.14. The molecule has 6 atom stereocenters. The maximum Gasteiger partial charge on any atom is 0.194 e. The van der Waals surface area contributed by atoms with E-state index in [1.165, 1.54) is 12.5 Å². The van der Waals surface area contributed by atoms with Crippen molar-refractivity contribution in [3.05, 3.63) is 53.3 Å². The summed E-state index contributed by atoms with van der Waals surface area (Å²) in [5, 5.41) is 55.2. The van der Waals surface area contributed by atoms with E-state index in [1.807, 2.05) is 0 Å². The highest BCUT2D eigenvalue weighted by Crippen LogP contribution is 2.50. The predicted octanol–water partition coefficient (Wildman–Crippen LogP) is 2.37. The summed E-state index contributed by atoms with van der Waals surface area (Å²) in [6, 6.07) is 0.319. The van der Waals surface area contributed by atoms with Gasteiger partial charge in [-0.25, -0.2) is 17.9 Å². The highest BCUT2D eigenvalue weighted by atomic mass is 32.2. The Bertz CT molecular complexity index is 1280. The van der Waals surface area contributed by atoms with Crippen molar-refractivity contribution in [3.63, 3.8) is 0 Å². The molecule has 39 heavy (non-hydrogen) atoms. The fourth-order valence-corrected chi connectivity index (χ4v) is 7.71. The summed E-state index contributed by atoms with van der Waals surface area (Å²) in [5.41, 5.74) is -1.18. The van der Waals surface area contributed by atoms with E-state index >= 15 is 0 Å². The number of aliphatic hydroxyl groups is 4. The molecular weight excluding hydrogens is 561 g/mol. The van der Waals surface area contributed by atoms with Crippen LogP contribution in [0.3, 0.4) is 0 Å². The second kappa shape index (κ2) is 11.4. The molecule has 2 fully saturated rings. The quantitative estimate of drug-likeness (QED) is 0.302. The number of thioether (sulfide) groups is 2. The number of ether oxygens (including phenoxy) is 1. The predicted molar refractivity (Wildman–Crippen MR) is 135 cm³/mol. The Balaban J connectivity index is 1.46. The zero-order valence-electron chi connectivity index (χ0n) is 20.7. The number of hydrogen-bond acceptors (Lipinski definition) is 11. The van der Waals surface area contributed by atoms with Crippen LogP contribution in [0, 0.1) is 24.4 Å². The lowest BCUT2D eigenvalue weighted by Crippen LogP contribution is -2.55. The van der Waals surface area contributed by atoms with Crippen LogP contribution in [-0.2, 0) is 4.74 Å². The van der Waals surface area contributed by atoms with Crippen LogP contribution in [0.2, 0.25) is 0 Å². The number of aromatic nitrogens is 4. The van der Waals surface area contributed by atoms with Crippen LogP contribution in [-0.4, -0.2) is 88.0 Å². The van der Waals surface area contributed by atoms with Gasteiger partial charge >= 0.3 is 0 Å². The number of halogens is 3. The van der Waals surface area contributed by atoms with Gasteiger partial charge in [0.15, 0.2) is 17.5 Å². The summed E-state index contributed by atoms with van der Waals surface area (Å²) in [5.74, 6) is -2.98. The molecule has 0 radical (unpaired) electrons. The van der Waals surface area contributed by atoms with Gasteiger partial charge in [0.1, 0.15) is 47.4 Å². The van der Waals surface area contributed by atoms with Crippen LogP contribution in [0.5, 0.6) is 0 Å². The third-order valence-corrected chi connectivity index (χ3v) is 9.67. The molecule has 1 unspecified atom stereocenters. The lowest BCUT2D eigenvalue weighted by molar-refractivity contribution is -0.179. The van der Waals surface area contributed by atoms with Crippen molar-refractivity contribution < 1.29 is 42.9 Å². The minimum atomic E-state index is -1.62. The van der Waals surface area contributed by atoms with Crippen LogP contribution in [0.25, 0.3) is 11.3 Å². The first kappa shape index (κ1) is 28.4. The Kier molecular flexibility index (Phi) is 8.29. The van der Waals surface area contributed by atoms with E-state index in [4.69, 9.17) is 9.26 Å². The first-order chi connectivity index (χ1) is 18.6. The van der Waals surface area contributed by atoms with Gasteiger partial charge in [-0.3, -0.25) is 0 Å². The Morgan fingerprint density at radius 2 is 1.87 bits per heavy atom. The second-order valence-corrected chi connectivity index (χ2v) is 12.1. The van der Waals surface area contributed by atoms with Crippen molar-refractivity contribution in [2.45, 2.75) is 60.4 Å². The minimum Gasteiger partial charge on any atom is -0.394 e. The summed E-state index contributed by atoms with van der Waals surface area (Å²) in [4.78, 5) is 0. The number of rotatable bonds is 7. The molecule has 2 aliphatic rings. The third-order valence-electron chi connectivity index (χ3n) is 7.09. The molecule has 0 aliphatic carbocycles. The summed E-state index contributed by atoms with van der Waals surface area (Å²) in [7, 11) is 0. The van der Waals surface area contributed by atoms with Gasteiger partial charge in [-0.15, -0.1) is 16.9 Å². The number of hydrogen-bond donors (Lipinski definition) is 4. The molecule has 2 aliphatic heterocycles. The van der Waals surface area contributed by atoms with E-state index in [0.717, 1.165) is 40.1 Å². The summed E-state index contributed by atoms with van der Waals surface area (Å²) >= 11 is 2.82. The van der Waals surface area contributed by atoms with Crippen LogP contribution in [0.4, 0.5) is 13.2 Å². The van der Waals surface area contributed by atoms with E-state index in [9.17, 15) is 33.6 Å². The van der Waals surface area contributed by atoms with Crippen molar-refractivity contribution in [1.29, 1.82) is 0 Å². The lowest BCUT2D eigenvalue weighted by Gasteiger charge is -2.45. The van der Waals surface area contributed by atoms with Gasteiger partial charge in [0.05, 0.1) is 23.7 Å². The smallest absolute Gasteiger partial charge is 0.194 e. The monoisotopic (exact) mass is 588 g/mol. The topological polar surface area (TPSA) is 147 Å². The molecule has 2 saturated heterocycles. The molecule has 5 rings (SSSR count). The Morgan fingerprint density at radius 3 is 2.49 bits per heavy atom. The zero-order chi connectivity index (χ0) is 27.9. The van der Waals surface area contributed by atoms with Crippen LogP contribution in [0.1, 0.15) is 35.4 Å². The minimum absolute atomic E-state index is 0.0337. The van der Waals surface area contributed by atoms with Crippen LogP contribution in [0.15, 0.2) is 29.1 Å². The summed E-state index contributed by atoms with van der Waals surface area (Å²) in [6.45, 7) is 1.20. The Labute approximate surface area is 229 Å². The number of aryl methyl sites for hydroxylation is 1. The van der Waals surface area contributed by atoms with E-state index in [0.29, 0.717) is 24.1 Å². The molecule has 1 aromatic carbocycles. The largest absolute Gasteiger partial charge is 0.394 e. The average molecular weight is 589 g/mol. The molecule has 3 aromatic rings. The number of benzene rings is 1. The summed E-state index contributed by atoms with van der Waals surface area (Å²) < 4.78 is 53.1. The maximum atomic E-state index is 13.8. The molecule has 0 amide bonds. The fraction of sp³-hybridized carbons (Fsp3) is 0.542. The lowest BCUT2D eigenvalue weighted by atomic mass is 9.89. The second-order valence-electron chi connectivity index (χ2n) is 9.65. The third kappa shape index (κ3) is 5.45. The molecule has 4 heterocycles. The van der Waals surface area contributed by atoms with E-state index in [2.05, 4.69) is 15.5 Å². The molecular formula is C24H27F3N4O6S2. The van der Waals surface area contributed by atoms with Gasteiger partial charge in [-0.1, -0.05) is 10.4 Å². The number of nitrogens with zero attached hydrogens (tertiary/aromatic N) is 4. The SMILES string of the molecule is Cc1conc1C(S[C@@H]1O[C@H](CO)[C@H](O)[C@H](n2cc(-c3cc(F)c(F)c(F)c3)nn2)[C@H]1O)C1(O)CCSCC1. The van der Waals surface area contributed by atoms with Gasteiger partial charge in [-0.2, -0.15) is 11.8 Å². The first-order valence-corrected chi connectivity index (χ1v) is 14.3. The molecule has 0 bridgehead atoms. The van der Waals surface area contributed by atoms with Gasteiger partial charge in [0.25, 0.3) is 0 Å². The van der Waals surface area contributed by atoms with E-state index < -0.39 is 64.7 Å². The van der Waals surface area contributed by atoms with Crippen molar-refractivity contribution in [1.82, 2.24) is 20.2 Å². The van der Waals surface area contributed by atoms with Crippen molar-refractivity contribution in [2.24, 2.45) is 0 Å². The van der Waals surface area contributed by atoms with E-state index in [-0.39, 0.29) is 11.3 Å². The highest BCUT2D eigenvalue weighted by molar-refractivity contribution is 8.00. The molecule has 0 saturated carbocycles. The summed E-state index contributed by atoms with van der Waals surface area (Å²) in [6.07, 6.45) is -0.368. The molecule has 212 valence electrons. The van der Waals surface area contributed by atoms with Crippen LogP contribution >= 0.6 is 23.5 Å². The van der Waals surface area contributed by atoms with Gasteiger partial charge in [-0.05, 0) is 43.4 Å². The van der Waals surface area contributed by atoms with Crippen molar-refractivity contribution in [3.8, 4) is 11.3 Å². The maximum absolute atomic E-state index is 13.8. The van der Waals surface area contributed by atoms with Gasteiger partial charge < -0.3 is 29.7 Å². The van der Waals surface area contributed by atoms with Crippen molar-refractivity contribution >= 4 is 23.5 Å². The molecule has 4 N–H and O–H groups in total. The van der Waals surface area contributed by atoms with Gasteiger partial charge in [0.2, 0.25) is 0 Å². The zero-order valence-corrected chi connectivity index (χ0v) is 22.3. The normalized spacial score (nSPS) is 27.9. The number of aliphatic hydroxyl groups excluding tert-OH is 3. The molecule has 0 spiro atoms. The van der Waals surface area contributed by atoms with E-state index in [1.54, 1.807) is 18.7 Å². The fourth-order valence-electron chi connectivity index (χ4n) is 4.87. The molecule has 2 aromatic heterocycles. The molecule has 15 heteroatoms. The van der Waals surface area contributed by atoms with Crippen molar-refractivity contribution in [2.75, 3.05) is 18.1 Å². The molecule has 10 nitrogen and oxygen atoms in total. The van der Waals surface area contributed by atoms with Crippen LogP contribution < -0.4 is 0 Å². The van der Waals surface area contributed by atoms with Gasteiger partial charge in [0, 0.05) is 11.1 Å². The highest BCUT2D eigenvalue weighted by Gasteiger charge is 2.50. The first-order valence-electron chi connectivity index (χ1n) is 12.2. The Morgan fingerprint density at radius 1 is 1.18 bits per heavy atom. The average Bonchev–Trinajstić information content (AvgIpc) is 3.56.